The van der Waals surface area contributed by atoms with Crippen LogP contribution in [0.1, 0.15) is 51.8 Å². The summed E-state index contributed by atoms with van der Waals surface area (Å²) in [5.74, 6) is 2.04. The van der Waals surface area contributed by atoms with E-state index in [1.165, 1.54) is 0 Å². The first-order chi connectivity index (χ1) is 9.38. The lowest BCUT2D eigenvalue weighted by molar-refractivity contribution is -0.00935. The Balaban J connectivity index is 2.21. The third-order valence-corrected chi connectivity index (χ3v) is 3.05. The second-order valence-electron chi connectivity index (χ2n) is 5.87. The van der Waals surface area contributed by atoms with E-state index in [0.717, 1.165) is 12.2 Å². The molecular formula is C15H28N2O3. The van der Waals surface area contributed by atoms with Gasteiger partial charge in [-0.1, -0.05) is 13.8 Å². The van der Waals surface area contributed by atoms with Crippen LogP contribution in [0.15, 0.2) is 10.6 Å². The van der Waals surface area contributed by atoms with Crippen molar-refractivity contribution >= 4 is 0 Å². The molecule has 116 valence electrons. The Morgan fingerprint density at radius 3 is 2.60 bits per heavy atom. The SMILES string of the molecule is Cc1cnc(C(C)NCC(O)COC(C)CC(C)C)o1. The predicted molar refractivity (Wildman–Crippen MR) is 78.5 cm³/mol. The standard InChI is InChI=1S/C15H28N2O3/c1-10(2)6-11(3)19-9-14(18)8-16-13(5)15-17-7-12(4)20-15/h7,10-11,13-14,16,18H,6,8-9H2,1-5H3. The van der Waals surface area contributed by atoms with E-state index >= 15 is 0 Å². The quantitative estimate of drug-likeness (QED) is 0.729. The first-order valence-corrected chi connectivity index (χ1v) is 7.33. The monoisotopic (exact) mass is 284 g/mol. The van der Waals surface area contributed by atoms with E-state index in [1.807, 2.05) is 20.8 Å². The lowest BCUT2D eigenvalue weighted by Crippen LogP contribution is -2.33. The van der Waals surface area contributed by atoms with Crippen LogP contribution in [0.4, 0.5) is 0 Å². The van der Waals surface area contributed by atoms with Gasteiger partial charge in [0.15, 0.2) is 0 Å². The van der Waals surface area contributed by atoms with Crippen LogP contribution in [-0.4, -0.2) is 35.5 Å². The molecule has 0 aliphatic carbocycles. The van der Waals surface area contributed by atoms with Gasteiger partial charge in [-0.2, -0.15) is 0 Å². The zero-order valence-electron chi connectivity index (χ0n) is 13.2. The summed E-state index contributed by atoms with van der Waals surface area (Å²) in [6, 6.07) is -0.0218. The van der Waals surface area contributed by atoms with E-state index in [4.69, 9.17) is 9.15 Å². The number of aliphatic hydroxyl groups excluding tert-OH is 1. The average molecular weight is 284 g/mol. The summed E-state index contributed by atoms with van der Waals surface area (Å²) in [6.07, 6.45) is 2.35. The second-order valence-corrected chi connectivity index (χ2v) is 5.87. The van der Waals surface area contributed by atoms with Crippen molar-refractivity contribution in [2.75, 3.05) is 13.2 Å². The van der Waals surface area contributed by atoms with Crippen molar-refractivity contribution in [3.8, 4) is 0 Å². The van der Waals surface area contributed by atoms with Gasteiger partial charge in [-0.3, -0.25) is 0 Å². The molecule has 0 saturated heterocycles. The summed E-state index contributed by atoms with van der Waals surface area (Å²) in [6.45, 7) is 11.0. The lowest BCUT2D eigenvalue weighted by atomic mass is 10.1. The van der Waals surface area contributed by atoms with Crippen molar-refractivity contribution in [2.45, 2.75) is 59.3 Å². The van der Waals surface area contributed by atoms with Crippen molar-refractivity contribution in [1.29, 1.82) is 0 Å². The molecule has 2 N–H and O–H groups in total. The van der Waals surface area contributed by atoms with Crippen molar-refractivity contribution < 1.29 is 14.3 Å². The van der Waals surface area contributed by atoms with Crippen molar-refractivity contribution in [2.24, 2.45) is 5.92 Å². The van der Waals surface area contributed by atoms with Gasteiger partial charge in [-0.15, -0.1) is 0 Å². The van der Waals surface area contributed by atoms with Crippen LogP contribution in [0.3, 0.4) is 0 Å². The summed E-state index contributed by atoms with van der Waals surface area (Å²) in [4.78, 5) is 4.16. The summed E-state index contributed by atoms with van der Waals surface area (Å²) in [7, 11) is 0. The molecule has 0 aromatic carbocycles. The van der Waals surface area contributed by atoms with Gasteiger partial charge < -0.3 is 19.6 Å². The minimum atomic E-state index is -0.525. The molecule has 0 radical (unpaired) electrons. The number of rotatable bonds is 9. The molecule has 0 saturated carbocycles. The fourth-order valence-electron chi connectivity index (χ4n) is 2.04. The molecule has 5 heteroatoms. The molecule has 0 aliphatic rings. The Morgan fingerprint density at radius 1 is 1.35 bits per heavy atom. The Labute approximate surface area is 121 Å². The van der Waals surface area contributed by atoms with Gasteiger partial charge in [0.25, 0.3) is 0 Å². The van der Waals surface area contributed by atoms with Crippen LogP contribution in [0.25, 0.3) is 0 Å². The fraction of sp³-hybridized carbons (Fsp3) is 0.800. The van der Waals surface area contributed by atoms with Crippen molar-refractivity contribution in [3.05, 3.63) is 17.8 Å². The van der Waals surface area contributed by atoms with Crippen LogP contribution in [-0.2, 0) is 4.74 Å². The van der Waals surface area contributed by atoms with E-state index in [1.54, 1.807) is 6.20 Å². The number of aryl methyl sites for hydroxylation is 1. The van der Waals surface area contributed by atoms with E-state index in [-0.39, 0.29) is 12.1 Å². The highest BCUT2D eigenvalue weighted by Gasteiger charge is 2.14. The molecule has 1 aromatic heterocycles. The Kier molecular flexibility index (Phi) is 7.19. The molecule has 3 unspecified atom stereocenters. The van der Waals surface area contributed by atoms with Crippen LogP contribution in [0, 0.1) is 12.8 Å². The summed E-state index contributed by atoms with van der Waals surface area (Å²) in [5, 5.41) is 13.1. The second kappa shape index (κ2) is 8.39. The first kappa shape index (κ1) is 17.1. The van der Waals surface area contributed by atoms with E-state index in [2.05, 4.69) is 24.1 Å². The lowest BCUT2D eigenvalue weighted by Gasteiger charge is -2.19. The molecule has 0 aliphatic heterocycles. The largest absolute Gasteiger partial charge is 0.444 e. The van der Waals surface area contributed by atoms with Gasteiger partial charge in [0, 0.05) is 6.54 Å². The molecule has 0 spiro atoms. The van der Waals surface area contributed by atoms with Crippen LogP contribution >= 0.6 is 0 Å². The predicted octanol–water partition coefficient (Wildman–Crippen LogP) is 2.45. The molecule has 3 atom stereocenters. The molecule has 1 heterocycles. The third kappa shape index (κ3) is 6.50. The summed E-state index contributed by atoms with van der Waals surface area (Å²) >= 11 is 0. The number of ether oxygens (including phenoxy) is 1. The van der Waals surface area contributed by atoms with Crippen LogP contribution < -0.4 is 5.32 Å². The van der Waals surface area contributed by atoms with E-state index in [9.17, 15) is 5.11 Å². The zero-order chi connectivity index (χ0) is 15.1. The Morgan fingerprint density at radius 2 is 2.05 bits per heavy atom. The maximum atomic E-state index is 9.89. The Bertz CT molecular complexity index is 379. The number of hydrogen-bond acceptors (Lipinski definition) is 5. The minimum absolute atomic E-state index is 0.0218. The number of aromatic nitrogens is 1. The van der Waals surface area contributed by atoms with Gasteiger partial charge in [-0.25, -0.2) is 4.98 Å². The Hall–Kier alpha value is -0.910. The molecule has 0 bridgehead atoms. The maximum absolute atomic E-state index is 9.89. The van der Waals surface area contributed by atoms with Gasteiger partial charge in [0.1, 0.15) is 5.76 Å². The number of nitrogens with one attached hydrogen (secondary N) is 1. The van der Waals surface area contributed by atoms with Crippen molar-refractivity contribution in [3.63, 3.8) is 0 Å². The summed E-state index contributed by atoms with van der Waals surface area (Å²) < 4.78 is 11.1. The molecule has 1 rings (SSSR count). The highest BCUT2D eigenvalue weighted by atomic mass is 16.5. The van der Waals surface area contributed by atoms with E-state index < -0.39 is 6.10 Å². The fourth-order valence-corrected chi connectivity index (χ4v) is 2.04. The minimum Gasteiger partial charge on any atom is -0.444 e. The van der Waals surface area contributed by atoms with E-state index in [0.29, 0.717) is 25.0 Å². The third-order valence-electron chi connectivity index (χ3n) is 3.05. The highest BCUT2D eigenvalue weighted by Crippen LogP contribution is 2.12. The van der Waals surface area contributed by atoms with Gasteiger partial charge >= 0.3 is 0 Å². The molecular weight excluding hydrogens is 256 g/mol. The van der Waals surface area contributed by atoms with Crippen LogP contribution in [0.5, 0.6) is 0 Å². The van der Waals surface area contributed by atoms with Gasteiger partial charge in [0.2, 0.25) is 5.89 Å². The zero-order valence-corrected chi connectivity index (χ0v) is 13.2. The van der Waals surface area contributed by atoms with Gasteiger partial charge in [-0.05, 0) is 33.1 Å². The normalized spacial score (nSPS) is 16.4. The number of oxazole rings is 1. The maximum Gasteiger partial charge on any atom is 0.211 e. The first-order valence-electron chi connectivity index (χ1n) is 7.33. The topological polar surface area (TPSA) is 67.5 Å². The number of aliphatic hydroxyl groups is 1. The number of nitrogens with zero attached hydrogens (tertiary/aromatic N) is 1. The smallest absolute Gasteiger partial charge is 0.211 e. The molecule has 20 heavy (non-hydrogen) atoms. The highest BCUT2D eigenvalue weighted by molar-refractivity contribution is 4.94. The average Bonchev–Trinajstić information content (AvgIpc) is 2.79. The van der Waals surface area contributed by atoms with Crippen LogP contribution in [0.2, 0.25) is 0 Å². The molecule has 5 nitrogen and oxygen atoms in total. The molecule has 0 fully saturated rings. The summed E-state index contributed by atoms with van der Waals surface area (Å²) in [5.41, 5.74) is 0. The molecule has 0 amide bonds. The number of hydrogen-bond donors (Lipinski definition) is 2. The van der Waals surface area contributed by atoms with Crippen molar-refractivity contribution in [1.82, 2.24) is 10.3 Å². The van der Waals surface area contributed by atoms with Gasteiger partial charge in [0.05, 0.1) is 31.1 Å². The molecule has 1 aromatic rings.